The van der Waals surface area contributed by atoms with E-state index >= 15 is 0 Å². The van der Waals surface area contributed by atoms with Crippen LogP contribution >= 0.6 is 11.8 Å². The molecule has 0 aliphatic carbocycles. The maximum atomic E-state index is 14.1. The molecule has 0 aliphatic rings. The Hall–Kier alpha value is -6.17. The van der Waals surface area contributed by atoms with E-state index < -0.39 is 21.9 Å². The van der Waals surface area contributed by atoms with Crippen LogP contribution in [0, 0.1) is 12.3 Å². The van der Waals surface area contributed by atoms with Crippen LogP contribution in [0.4, 0.5) is 0 Å². The van der Waals surface area contributed by atoms with Crippen LogP contribution in [0.5, 0.6) is 0 Å². The maximum absolute atomic E-state index is 14.1. The molecular weight excluding hydrogens is 771 g/mol. The number of benzene rings is 6. The van der Waals surface area contributed by atoms with Crippen LogP contribution in [0.15, 0.2) is 195 Å². The van der Waals surface area contributed by atoms with Crippen molar-refractivity contribution in [2.45, 2.75) is 55.2 Å². The first kappa shape index (κ1) is 42.9. The van der Waals surface area contributed by atoms with E-state index in [0.29, 0.717) is 12.3 Å². The number of ether oxygens (including phenoxy) is 2. The first-order valence-electron chi connectivity index (χ1n) is 20.8. The van der Waals surface area contributed by atoms with E-state index in [1.165, 1.54) is 0 Å². The molecule has 7 rings (SSSR count). The summed E-state index contributed by atoms with van der Waals surface area (Å²) in [6.45, 7) is 6.13. The lowest BCUT2D eigenvalue weighted by Gasteiger charge is -2.37. The molecule has 2 atom stereocenters. The van der Waals surface area contributed by atoms with Crippen LogP contribution in [0.3, 0.4) is 0 Å². The second-order valence-corrected chi connectivity index (χ2v) is 17.2. The van der Waals surface area contributed by atoms with Crippen LogP contribution in [-0.4, -0.2) is 52.2 Å². The van der Waals surface area contributed by atoms with Crippen LogP contribution in [0.25, 0.3) is 0 Å². The first-order chi connectivity index (χ1) is 29.7. The molecule has 0 spiro atoms. The quantitative estimate of drug-likeness (QED) is 0.0528. The molecule has 0 amide bonds. The first-order valence-corrected chi connectivity index (χ1v) is 21.7. The molecule has 7 heteroatoms. The fraction of sp³-hybridized carbons (Fsp3) is 0.222. The van der Waals surface area contributed by atoms with E-state index in [2.05, 4.69) is 168 Å². The molecule has 0 aliphatic heterocycles. The number of terminal acetylenes is 1. The van der Waals surface area contributed by atoms with Gasteiger partial charge in [-0.1, -0.05) is 188 Å². The summed E-state index contributed by atoms with van der Waals surface area (Å²) in [5, 5.41) is 3.57. The zero-order valence-electron chi connectivity index (χ0n) is 35.1. The molecule has 1 aromatic heterocycles. The summed E-state index contributed by atoms with van der Waals surface area (Å²) in [5.41, 5.74) is 6.02. The van der Waals surface area contributed by atoms with Crippen molar-refractivity contribution < 1.29 is 14.3 Å². The smallest absolute Gasteiger partial charge is 0.324 e. The van der Waals surface area contributed by atoms with Gasteiger partial charge in [0.1, 0.15) is 23.8 Å². The summed E-state index contributed by atoms with van der Waals surface area (Å²) in [7, 11) is 0. The third-order valence-electron chi connectivity index (χ3n) is 10.7. The lowest BCUT2D eigenvalue weighted by Crippen LogP contribution is -2.46. The summed E-state index contributed by atoms with van der Waals surface area (Å²) in [6.07, 6.45) is 9.64. The lowest BCUT2D eigenvalue weighted by atomic mass is 9.77. The van der Waals surface area contributed by atoms with Crippen molar-refractivity contribution in [3.8, 4) is 12.3 Å². The van der Waals surface area contributed by atoms with E-state index in [4.69, 9.17) is 20.9 Å². The van der Waals surface area contributed by atoms with Gasteiger partial charge in [0, 0.05) is 24.9 Å². The van der Waals surface area contributed by atoms with Crippen molar-refractivity contribution in [1.82, 2.24) is 14.9 Å². The van der Waals surface area contributed by atoms with E-state index in [1.807, 2.05) is 63.5 Å². The number of imidazole rings is 1. The van der Waals surface area contributed by atoms with Gasteiger partial charge in [-0.3, -0.25) is 4.79 Å². The van der Waals surface area contributed by atoms with Crippen molar-refractivity contribution in [3.63, 3.8) is 0 Å². The Balaban J connectivity index is 1.21. The number of carbonyl (C=O) groups excluding carboxylic acids is 1. The molecule has 0 bridgehead atoms. The van der Waals surface area contributed by atoms with Crippen molar-refractivity contribution in [3.05, 3.63) is 234 Å². The van der Waals surface area contributed by atoms with Gasteiger partial charge < -0.3 is 19.4 Å². The molecule has 1 heterocycles. The topological polar surface area (TPSA) is 65.4 Å². The fourth-order valence-corrected chi connectivity index (χ4v) is 9.61. The van der Waals surface area contributed by atoms with E-state index in [1.54, 1.807) is 11.8 Å². The zero-order valence-corrected chi connectivity index (χ0v) is 35.9. The molecule has 0 saturated heterocycles. The Kier molecular flexibility index (Phi) is 14.0. The average molecular weight is 824 g/mol. The molecule has 6 aromatic carbocycles. The van der Waals surface area contributed by atoms with Crippen molar-refractivity contribution in [2.75, 3.05) is 18.9 Å². The average Bonchev–Trinajstić information content (AvgIpc) is 3.77. The highest BCUT2D eigenvalue weighted by Gasteiger charge is 2.40. The van der Waals surface area contributed by atoms with Crippen molar-refractivity contribution >= 4 is 17.7 Å². The number of hydrogen-bond acceptors (Lipinski definition) is 6. The minimum Gasteiger partial charge on any atom is -0.459 e. The van der Waals surface area contributed by atoms with Crippen LogP contribution in [0.1, 0.15) is 59.8 Å². The van der Waals surface area contributed by atoms with E-state index in [0.717, 1.165) is 39.1 Å². The highest BCUT2D eigenvalue weighted by molar-refractivity contribution is 8.00. The molecule has 0 fully saturated rings. The number of thioether (sulfide) groups is 1. The Morgan fingerprint density at radius 1 is 0.672 bits per heavy atom. The molecule has 308 valence electrons. The Morgan fingerprint density at radius 3 is 1.48 bits per heavy atom. The maximum Gasteiger partial charge on any atom is 0.324 e. The van der Waals surface area contributed by atoms with Gasteiger partial charge in [0.05, 0.1) is 22.9 Å². The van der Waals surface area contributed by atoms with Gasteiger partial charge in [-0.25, -0.2) is 4.98 Å². The SMILES string of the molecule is C#CCOC(CN[C@H](Cc1cn(C(c2ccccc2)(c2ccccc2)c2ccccc2)cn1)C(=O)OC(C)(C)C)CSC(c1ccccc1)(c1ccccc1)c1ccccc1. The lowest BCUT2D eigenvalue weighted by molar-refractivity contribution is -0.157. The van der Waals surface area contributed by atoms with Gasteiger partial charge in [0.25, 0.3) is 0 Å². The third kappa shape index (κ3) is 9.90. The van der Waals surface area contributed by atoms with Crippen LogP contribution in [0.2, 0.25) is 0 Å². The summed E-state index contributed by atoms with van der Waals surface area (Å²) in [5.74, 6) is 2.87. The van der Waals surface area contributed by atoms with Crippen LogP contribution < -0.4 is 5.32 Å². The molecule has 0 radical (unpaired) electrons. The second-order valence-electron chi connectivity index (χ2n) is 16.0. The fourth-order valence-electron chi connectivity index (χ4n) is 8.05. The molecular formula is C54H53N3O3S. The Labute approximate surface area is 365 Å². The number of nitrogens with one attached hydrogen (secondary N) is 1. The molecule has 61 heavy (non-hydrogen) atoms. The summed E-state index contributed by atoms with van der Waals surface area (Å²) in [6, 6.07) is 62.4. The highest BCUT2D eigenvalue weighted by atomic mass is 32.2. The normalized spacial score (nSPS) is 12.9. The highest BCUT2D eigenvalue weighted by Crippen LogP contribution is 2.49. The standard InChI is InChI=1S/C54H53N3O3S/c1-5-36-59-49(40-61-54(45-30-18-9-19-31-45,46-32-20-10-21-33-46)47-34-22-11-23-35-47)38-55-50(51(58)60-52(2,3)4)37-48-39-57(41-56-48)53(42-24-12-6-13-25-42,43-26-14-7-15-27-43)44-28-16-8-17-29-44/h1,6-35,39,41,49-50,55H,36-38,40H2,2-4H3/t49?,50-/m1/s1. The number of aromatic nitrogens is 2. The molecule has 6 nitrogen and oxygen atoms in total. The molecule has 0 saturated carbocycles. The number of hydrogen-bond donors (Lipinski definition) is 1. The number of carbonyl (C=O) groups is 1. The van der Waals surface area contributed by atoms with Gasteiger partial charge in [-0.2, -0.15) is 0 Å². The number of rotatable bonds is 18. The monoisotopic (exact) mass is 823 g/mol. The predicted octanol–water partition coefficient (Wildman–Crippen LogP) is 10.3. The van der Waals surface area contributed by atoms with E-state index in [9.17, 15) is 4.79 Å². The van der Waals surface area contributed by atoms with E-state index in [-0.39, 0.29) is 25.1 Å². The summed E-state index contributed by atoms with van der Waals surface area (Å²) >= 11 is 1.80. The Morgan fingerprint density at radius 2 is 1.08 bits per heavy atom. The molecule has 1 unspecified atom stereocenters. The molecule has 1 N–H and O–H groups in total. The second kappa shape index (κ2) is 19.9. The minimum absolute atomic E-state index is 0.129. The van der Waals surface area contributed by atoms with Gasteiger partial charge in [0.15, 0.2) is 0 Å². The number of nitrogens with zero attached hydrogens (tertiary/aromatic N) is 2. The van der Waals surface area contributed by atoms with Gasteiger partial charge >= 0.3 is 5.97 Å². The molecule has 7 aromatic rings. The largest absolute Gasteiger partial charge is 0.459 e. The third-order valence-corrected chi connectivity index (χ3v) is 12.4. The predicted molar refractivity (Wildman–Crippen MR) is 248 cm³/mol. The van der Waals surface area contributed by atoms with Crippen LogP contribution in [-0.2, 0) is 31.0 Å². The van der Waals surface area contributed by atoms with Crippen molar-refractivity contribution in [1.29, 1.82) is 0 Å². The summed E-state index contributed by atoms with van der Waals surface area (Å²) in [4.78, 5) is 19.1. The number of esters is 1. The van der Waals surface area contributed by atoms with Crippen molar-refractivity contribution in [2.24, 2.45) is 0 Å². The Bertz CT molecular complexity index is 2250. The van der Waals surface area contributed by atoms with Gasteiger partial charge in [0.2, 0.25) is 0 Å². The van der Waals surface area contributed by atoms with Gasteiger partial charge in [-0.15, -0.1) is 18.2 Å². The summed E-state index contributed by atoms with van der Waals surface area (Å²) < 4.78 is 14.0. The minimum atomic E-state index is -0.738. The zero-order chi connectivity index (χ0) is 42.5. The van der Waals surface area contributed by atoms with Gasteiger partial charge in [-0.05, 0) is 54.2 Å².